The number of hydrogen-bond donors (Lipinski definition) is 2. The molecular weight excluding hydrogens is 212 g/mol. The number of benzene rings is 1. The van der Waals surface area contributed by atoms with E-state index in [0.717, 1.165) is 0 Å². The van der Waals surface area contributed by atoms with Crippen LogP contribution in [0, 0.1) is 0 Å². The monoisotopic (exact) mass is 228 g/mol. The zero-order valence-electron chi connectivity index (χ0n) is 9.07. The summed E-state index contributed by atoms with van der Waals surface area (Å²) < 4.78 is 0. The smallest absolute Gasteiger partial charge is 0.109 e. The van der Waals surface area contributed by atoms with Gasteiger partial charge in [-0.3, -0.25) is 0 Å². The van der Waals surface area contributed by atoms with Gasteiger partial charge in [0.1, 0.15) is 6.10 Å². The molecule has 15 heavy (non-hydrogen) atoms. The summed E-state index contributed by atoms with van der Waals surface area (Å²) in [5.74, 6) is 0. The van der Waals surface area contributed by atoms with Crippen LogP contribution >= 0.6 is 11.6 Å². The SMILES string of the molecule is CCC(O)(CC)C(O)c1ccccc1Cl. The Kier molecular flexibility index (Phi) is 4.14. The van der Waals surface area contributed by atoms with Crippen LogP contribution in [0.25, 0.3) is 0 Å². The molecule has 0 fully saturated rings. The molecule has 0 saturated heterocycles. The van der Waals surface area contributed by atoms with Gasteiger partial charge in [0.2, 0.25) is 0 Å². The summed E-state index contributed by atoms with van der Waals surface area (Å²) in [6.07, 6.45) is 0.0624. The molecule has 0 aromatic heterocycles. The molecule has 0 aliphatic heterocycles. The second-order valence-corrected chi connectivity index (χ2v) is 4.14. The van der Waals surface area contributed by atoms with Gasteiger partial charge >= 0.3 is 0 Å². The largest absolute Gasteiger partial charge is 0.387 e. The standard InChI is InChI=1S/C12H17ClO2/c1-3-12(15,4-2)11(14)9-7-5-6-8-10(9)13/h5-8,11,14-15H,3-4H2,1-2H3. The second-order valence-electron chi connectivity index (χ2n) is 3.73. The fourth-order valence-electron chi connectivity index (χ4n) is 1.62. The van der Waals surface area contributed by atoms with Crippen molar-refractivity contribution in [3.63, 3.8) is 0 Å². The van der Waals surface area contributed by atoms with E-state index in [1.54, 1.807) is 24.3 Å². The normalized spacial score (nSPS) is 13.9. The average molecular weight is 229 g/mol. The summed E-state index contributed by atoms with van der Waals surface area (Å²) in [4.78, 5) is 0. The highest BCUT2D eigenvalue weighted by Gasteiger charge is 2.33. The Morgan fingerprint density at radius 3 is 2.27 bits per heavy atom. The third-order valence-electron chi connectivity index (χ3n) is 2.93. The molecule has 2 nitrogen and oxygen atoms in total. The van der Waals surface area contributed by atoms with Gasteiger partial charge in [-0.25, -0.2) is 0 Å². The van der Waals surface area contributed by atoms with Crippen LogP contribution in [0.2, 0.25) is 5.02 Å². The van der Waals surface area contributed by atoms with Crippen LogP contribution in [-0.4, -0.2) is 15.8 Å². The van der Waals surface area contributed by atoms with Crippen molar-refractivity contribution < 1.29 is 10.2 Å². The number of rotatable bonds is 4. The van der Waals surface area contributed by atoms with Crippen molar-refractivity contribution in [2.75, 3.05) is 0 Å². The summed E-state index contributed by atoms with van der Waals surface area (Å²) in [6, 6.07) is 7.06. The lowest BCUT2D eigenvalue weighted by molar-refractivity contribution is -0.0820. The van der Waals surface area contributed by atoms with Crippen molar-refractivity contribution in [1.29, 1.82) is 0 Å². The van der Waals surface area contributed by atoms with E-state index in [2.05, 4.69) is 0 Å². The van der Waals surface area contributed by atoms with Crippen LogP contribution in [0.3, 0.4) is 0 Å². The minimum absolute atomic E-state index is 0.491. The Hall–Kier alpha value is -0.570. The summed E-state index contributed by atoms with van der Waals surface area (Å²) in [6.45, 7) is 3.70. The first-order chi connectivity index (χ1) is 7.05. The van der Waals surface area contributed by atoms with Crippen LogP contribution in [0.4, 0.5) is 0 Å². The molecule has 0 aliphatic carbocycles. The molecule has 3 heteroatoms. The van der Waals surface area contributed by atoms with Gasteiger partial charge in [0.05, 0.1) is 5.60 Å². The Morgan fingerprint density at radius 2 is 1.80 bits per heavy atom. The molecule has 0 bridgehead atoms. The van der Waals surface area contributed by atoms with Crippen molar-refractivity contribution in [2.24, 2.45) is 0 Å². The quantitative estimate of drug-likeness (QED) is 0.832. The van der Waals surface area contributed by atoms with E-state index < -0.39 is 11.7 Å². The molecule has 1 aromatic carbocycles. The van der Waals surface area contributed by atoms with Crippen LogP contribution in [0.5, 0.6) is 0 Å². The number of aliphatic hydroxyl groups is 2. The lowest BCUT2D eigenvalue weighted by atomic mass is 9.86. The molecule has 0 heterocycles. The van der Waals surface area contributed by atoms with E-state index in [1.807, 2.05) is 13.8 Å². The van der Waals surface area contributed by atoms with Gasteiger partial charge in [-0.15, -0.1) is 0 Å². The van der Waals surface area contributed by atoms with E-state index in [1.165, 1.54) is 0 Å². The Bertz CT molecular complexity index is 321. The predicted molar refractivity (Wildman–Crippen MR) is 61.9 cm³/mol. The highest BCUT2D eigenvalue weighted by atomic mass is 35.5. The van der Waals surface area contributed by atoms with Gasteiger partial charge in [0.15, 0.2) is 0 Å². The number of halogens is 1. The van der Waals surface area contributed by atoms with Gasteiger partial charge < -0.3 is 10.2 Å². The summed E-state index contributed by atoms with van der Waals surface area (Å²) >= 11 is 5.97. The third kappa shape index (κ3) is 2.51. The van der Waals surface area contributed by atoms with E-state index in [0.29, 0.717) is 23.4 Å². The van der Waals surface area contributed by atoms with Gasteiger partial charge in [0, 0.05) is 10.6 Å². The van der Waals surface area contributed by atoms with Crippen LogP contribution < -0.4 is 0 Å². The van der Waals surface area contributed by atoms with Gasteiger partial charge in [-0.2, -0.15) is 0 Å². The van der Waals surface area contributed by atoms with Gasteiger partial charge in [-0.1, -0.05) is 43.6 Å². The Balaban J connectivity index is 3.03. The first kappa shape index (κ1) is 12.5. The lowest BCUT2D eigenvalue weighted by Crippen LogP contribution is -2.35. The van der Waals surface area contributed by atoms with E-state index in [-0.39, 0.29) is 0 Å². The van der Waals surface area contributed by atoms with Crippen LogP contribution in [0.1, 0.15) is 38.4 Å². The van der Waals surface area contributed by atoms with Crippen molar-refractivity contribution in [1.82, 2.24) is 0 Å². The van der Waals surface area contributed by atoms with Gasteiger partial charge in [-0.05, 0) is 18.9 Å². The molecule has 84 valence electrons. The first-order valence-electron chi connectivity index (χ1n) is 5.20. The fourth-order valence-corrected chi connectivity index (χ4v) is 1.86. The minimum Gasteiger partial charge on any atom is -0.387 e. The van der Waals surface area contributed by atoms with Crippen LogP contribution in [-0.2, 0) is 0 Å². The first-order valence-corrected chi connectivity index (χ1v) is 5.57. The van der Waals surface area contributed by atoms with E-state index in [4.69, 9.17) is 11.6 Å². The molecule has 0 spiro atoms. The second kappa shape index (κ2) is 4.97. The van der Waals surface area contributed by atoms with E-state index in [9.17, 15) is 10.2 Å². The predicted octanol–water partition coefficient (Wildman–Crippen LogP) is 2.92. The zero-order valence-corrected chi connectivity index (χ0v) is 9.83. The summed E-state index contributed by atoms with van der Waals surface area (Å²) in [7, 11) is 0. The number of aliphatic hydroxyl groups excluding tert-OH is 1. The van der Waals surface area contributed by atoms with Crippen molar-refractivity contribution >= 4 is 11.6 Å². The minimum atomic E-state index is -1.09. The average Bonchev–Trinajstić information content (AvgIpc) is 2.28. The lowest BCUT2D eigenvalue weighted by Gasteiger charge is -2.31. The topological polar surface area (TPSA) is 40.5 Å². The molecule has 2 N–H and O–H groups in total. The summed E-state index contributed by atoms with van der Waals surface area (Å²) in [5.41, 5.74) is -0.504. The summed E-state index contributed by atoms with van der Waals surface area (Å²) in [5, 5.41) is 20.7. The number of hydrogen-bond acceptors (Lipinski definition) is 2. The highest BCUT2D eigenvalue weighted by Crippen LogP contribution is 2.34. The molecule has 0 amide bonds. The molecule has 1 rings (SSSR count). The molecule has 1 atom stereocenters. The third-order valence-corrected chi connectivity index (χ3v) is 3.28. The Labute approximate surface area is 95.5 Å². The highest BCUT2D eigenvalue weighted by molar-refractivity contribution is 6.31. The molecular formula is C12H17ClO2. The van der Waals surface area contributed by atoms with Gasteiger partial charge in [0.25, 0.3) is 0 Å². The molecule has 1 aromatic rings. The van der Waals surface area contributed by atoms with Crippen LogP contribution in [0.15, 0.2) is 24.3 Å². The van der Waals surface area contributed by atoms with Crippen molar-refractivity contribution in [2.45, 2.75) is 38.4 Å². The zero-order chi connectivity index (χ0) is 11.5. The van der Waals surface area contributed by atoms with Crippen molar-refractivity contribution in [3.8, 4) is 0 Å². The fraction of sp³-hybridized carbons (Fsp3) is 0.500. The molecule has 0 radical (unpaired) electrons. The maximum Gasteiger partial charge on any atom is 0.109 e. The Morgan fingerprint density at radius 1 is 1.27 bits per heavy atom. The molecule has 1 unspecified atom stereocenters. The van der Waals surface area contributed by atoms with E-state index >= 15 is 0 Å². The molecule has 0 saturated carbocycles. The maximum atomic E-state index is 10.2. The van der Waals surface area contributed by atoms with Crippen molar-refractivity contribution in [3.05, 3.63) is 34.9 Å². The molecule has 0 aliphatic rings. The maximum absolute atomic E-state index is 10.2.